The monoisotopic (exact) mass is 568 g/mol. The molecule has 10 nitrogen and oxygen atoms in total. The first-order valence-electron chi connectivity index (χ1n) is 13.4. The molecule has 216 valence electrons. The highest BCUT2D eigenvalue weighted by atomic mass is 16.5. The third-order valence-corrected chi connectivity index (χ3v) is 6.62. The van der Waals surface area contributed by atoms with E-state index in [2.05, 4.69) is 15.6 Å². The van der Waals surface area contributed by atoms with E-state index in [1.165, 1.54) is 13.0 Å². The molecule has 1 aromatic heterocycles. The molecular formula is C32H32N4O6. The maximum absolute atomic E-state index is 13.4. The van der Waals surface area contributed by atoms with Crippen molar-refractivity contribution in [1.29, 1.82) is 0 Å². The largest absolute Gasteiger partial charge is 0.490 e. The van der Waals surface area contributed by atoms with Crippen LogP contribution >= 0.6 is 0 Å². The zero-order chi connectivity index (χ0) is 30.1. The van der Waals surface area contributed by atoms with Gasteiger partial charge in [-0.3, -0.25) is 19.2 Å². The number of ether oxygens (including phenoxy) is 1. The number of aliphatic hydroxyl groups excluding tert-OH is 1. The van der Waals surface area contributed by atoms with Crippen LogP contribution in [0.5, 0.6) is 5.75 Å². The predicted octanol–water partition coefficient (Wildman–Crippen LogP) is 2.58. The Kier molecular flexibility index (Phi) is 9.96. The van der Waals surface area contributed by atoms with Crippen LogP contribution in [0, 0.1) is 0 Å². The second-order valence-corrected chi connectivity index (χ2v) is 9.82. The number of pyridine rings is 1. The van der Waals surface area contributed by atoms with Crippen molar-refractivity contribution in [2.75, 3.05) is 6.61 Å². The van der Waals surface area contributed by atoms with Crippen LogP contribution in [0.3, 0.4) is 0 Å². The van der Waals surface area contributed by atoms with Gasteiger partial charge in [0.25, 0.3) is 5.91 Å². The van der Waals surface area contributed by atoms with Crippen LogP contribution in [0.25, 0.3) is 10.9 Å². The van der Waals surface area contributed by atoms with Crippen LogP contribution in [0.15, 0.2) is 91.0 Å². The zero-order valence-corrected chi connectivity index (χ0v) is 23.0. The molecular weight excluding hydrogens is 536 g/mol. The molecule has 0 fully saturated rings. The van der Waals surface area contributed by atoms with Crippen molar-refractivity contribution >= 4 is 34.4 Å². The van der Waals surface area contributed by atoms with E-state index in [1.54, 1.807) is 42.5 Å². The van der Waals surface area contributed by atoms with Gasteiger partial charge in [-0.25, -0.2) is 4.98 Å². The first kappa shape index (κ1) is 29.9. The van der Waals surface area contributed by atoms with Crippen LogP contribution in [-0.4, -0.2) is 58.4 Å². The van der Waals surface area contributed by atoms with Crippen LogP contribution in [-0.2, 0) is 16.0 Å². The number of para-hydroxylation sites is 2. The number of ketones is 1. The van der Waals surface area contributed by atoms with Gasteiger partial charge in [-0.2, -0.15) is 0 Å². The average Bonchev–Trinajstić information content (AvgIpc) is 2.99. The third-order valence-electron chi connectivity index (χ3n) is 6.62. The number of Topliss-reactive ketones (excluding diaryl/α,β-unsaturated/α-hetero) is 1. The number of fused-ring (bicyclic) bond motifs is 1. The Morgan fingerprint density at radius 1 is 0.881 bits per heavy atom. The fourth-order valence-electron chi connectivity index (χ4n) is 4.44. The van der Waals surface area contributed by atoms with Gasteiger partial charge in [0.1, 0.15) is 30.2 Å². The van der Waals surface area contributed by atoms with Crippen LogP contribution in [0.4, 0.5) is 0 Å². The number of hydrogen-bond acceptors (Lipinski definition) is 7. The Labute approximate surface area is 242 Å². The minimum atomic E-state index is -1.33. The summed E-state index contributed by atoms with van der Waals surface area (Å²) in [6, 6.07) is 24.1. The number of primary amides is 1. The van der Waals surface area contributed by atoms with Crippen molar-refractivity contribution in [3.05, 3.63) is 108 Å². The molecule has 3 amide bonds. The average molecular weight is 569 g/mol. The Balaban J connectivity index is 1.51. The molecule has 0 aliphatic rings. The number of rotatable bonds is 13. The summed E-state index contributed by atoms with van der Waals surface area (Å²) in [5.41, 5.74) is 7.24. The molecule has 4 aromatic rings. The van der Waals surface area contributed by atoms with Crippen molar-refractivity contribution in [3.63, 3.8) is 0 Å². The molecule has 0 saturated carbocycles. The minimum absolute atomic E-state index is 0.0642. The lowest BCUT2D eigenvalue weighted by atomic mass is 10.0. The minimum Gasteiger partial charge on any atom is -0.490 e. The molecule has 3 aromatic carbocycles. The molecule has 1 heterocycles. The normalized spacial score (nSPS) is 13.0. The van der Waals surface area contributed by atoms with Crippen molar-refractivity contribution < 1.29 is 29.0 Å². The summed E-state index contributed by atoms with van der Waals surface area (Å²) in [6.45, 7) is 1.17. The van der Waals surface area contributed by atoms with Gasteiger partial charge in [0, 0.05) is 5.39 Å². The molecule has 0 aliphatic carbocycles. The number of nitrogens with one attached hydrogen (secondary N) is 2. The highest BCUT2D eigenvalue weighted by Gasteiger charge is 2.29. The number of benzene rings is 3. The van der Waals surface area contributed by atoms with Gasteiger partial charge in [-0.1, -0.05) is 66.7 Å². The number of aliphatic hydroxyl groups is 1. The number of nitrogens with zero attached hydrogens (tertiary/aromatic N) is 1. The lowest BCUT2D eigenvalue weighted by Crippen LogP contribution is -2.55. The summed E-state index contributed by atoms with van der Waals surface area (Å²) in [6.07, 6.45) is -1.47. The molecule has 3 atom stereocenters. The van der Waals surface area contributed by atoms with Crippen molar-refractivity contribution in [2.24, 2.45) is 5.73 Å². The Hall–Kier alpha value is -5.09. The smallest absolute Gasteiger partial charge is 0.270 e. The first-order valence-corrected chi connectivity index (χ1v) is 13.4. The van der Waals surface area contributed by atoms with Gasteiger partial charge in [-0.05, 0) is 43.2 Å². The number of hydrogen-bond donors (Lipinski definition) is 4. The van der Waals surface area contributed by atoms with E-state index in [-0.39, 0.29) is 24.5 Å². The fourth-order valence-corrected chi connectivity index (χ4v) is 4.44. The summed E-state index contributed by atoms with van der Waals surface area (Å²) in [4.78, 5) is 54.6. The highest BCUT2D eigenvalue weighted by molar-refractivity contribution is 5.99. The molecule has 10 heteroatoms. The van der Waals surface area contributed by atoms with Crippen molar-refractivity contribution in [1.82, 2.24) is 15.6 Å². The number of nitrogens with two attached hydrogens (primary N) is 1. The molecule has 0 radical (unpaired) electrons. The van der Waals surface area contributed by atoms with E-state index in [4.69, 9.17) is 10.5 Å². The lowest BCUT2D eigenvalue weighted by Gasteiger charge is -2.27. The SMILES string of the molecule is CC(=O)c1ccccc1OCC(O)[C@H](Cc1ccccc1)NC(=O)[C@H](CC(N)=O)NC(=O)c1ccc2ccccc2n1. The Bertz CT molecular complexity index is 1580. The summed E-state index contributed by atoms with van der Waals surface area (Å²) in [7, 11) is 0. The van der Waals surface area contributed by atoms with E-state index in [1.807, 2.05) is 42.5 Å². The first-order chi connectivity index (χ1) is 20.2. The fraction of sp³-hybridized carbons (Fsp3) is 0.219. The predicted molar refractivity (Wildman–Crippen MR) is 157 cm³/mol. The van der Waals surface area contributed by atoms with E-state index in [0.29, 0.717) is 16.8 Å². The molecule has 0 saturated heterocycles. The van der Waals surface area contributed by atoms with Crippen LogP contribution in [0.1, 0.15) is 39.8 Å². The van der Waals surface area contributed by atoms with Gasteiger partial charge in [0.05, 0.1) is 23.5 Å². The zero-order valence-electron chi connectivity index (χ0n) is 23.0. The van der Waals surface area contributed by atoms with E-state index in [9.17, 15) is 24.3 Å². The second-order valence-electron chi connectivity index (χ2n) is 9.82. The van der Waals surface area contributed by atoms with Gasteiger partial charge in [-0.15, -0.1) is 0 Å². The molecule has 1 unspecified atom stereocenters. The van der Waals surface area contributed by atoms with Gasteiger partial charge < -0.3 is 26.2 Å². The van der Waals surface area contributed by atoms with Crippen LogP contribution in [0.2, 0.25) is 0 Å². The Morgan fingerprint density at radius 3 is 2.31 bits per heavy atom. The second kappa shape index (κ2) is 14.0. The number of carbonyl (C=O) groups is 4. The number of amides is 3. The molecule has 4 rings (SSSR count). The molecule has 0 spiro atoms. The maximum atomic E-state index is 13.4. The van der Waals surface area contributed by atoms with E-state index >= 15 is 0 Å². The van der Waals surface area contributed by atoms with E-state index < -0.39 is 42.3 Å². The summed E-state index contributed by atoms with van der Waals surface area (Å²) in [5, 5.41) is 17.3. The molecule has 0 bridgehead atoms. The quantitative estimate of drug-likeness (QED) is 0.180. The maximum Gasteiger partial charge on any atom is 0.270 e. The highest BCUT2D eigenvalue weighted by Crippen LogP contribution is 2.19. The molecule has 0 aliphatic heterocycles. The van der Waals surface area contributed by atoms with Crippen LogP contribution < -0.4 is 21.1 Å². The Morgan fingerprint density at radius 2 is 1.57 bits per heavy atom. The molecule has 42 heavy (non-hydrogen) atoms. The standard InChI is InChI=1S/C32H32N4O6/c1-20(37)23-12-6-8-14-29(23)42-19-28(38)26(17-21-9-3-2-4-10-21)35-32(41)27(18-30(33)39)36-31(40)25-16-15-22-11-5-7-13-24(22)34-25/h2-16,26-28,38H,17-19H2,1H3,(H2,33,39)(H,35,41)(H,36,40)/t26-,27-,28?/m0/s1. The number of aromatic nitrogens is 1. The van der Waals surface area contributed by atoms with Gasteiger partial charge in [0.15, 0.2) is 5.78 Å². The van der Waals surface area contributed by atoms with Gasteiger partial charge in [0.2, 0.25) is 11.8 Å². The summed E-state index contributed by atoms with van der Waals surface area (Å²) >= 11 is 0. The van der Waals surface area contributed by atoms with Gasteiger partial charge >= 0.3 is 0 Å². The summed E-state index contributed by atoms with van der Waals surface area (Å²) in [5.74, 6) is -2.07. The topological polar surface area (TPSA) is 161 Å². The van der Waals surface area contributed by atoms with E-state index in [0.717, 1.165) is 10.9 Å². The number of carbonyl (C=O) groups excluding carboxylic acids is 4. The van der Waals surface area contributed by atoms with Crippen molar-refractivity contribution in [3.8, 4) is 5.75 Å². The lowest BCUT2D eigenvalue weighted by molar-refractivity contribution is -0.128. The summed E-state index contributed by atoms with van der Waals surface area (Å²) < 4.78 is 5.77. The molecule has 5 N–H and O–H groups in total. The third kappa shape index (κ3) is 7.98. The van der Waals surface area contributed by atoms with Crippen molar-refractivity contribution in [2.45, 2.75) is 38.0 Å².